The molecule has 0 N–H and O–H groups in total. The van der Waals surface area contributed by atoms with Crippen molar-refractivity contribution in [3.8, 4) is 0 Å². The van der Waals surface area contributed by atoms with Crippen molar-refractivity contribution in [3.63, 3.8) is 0 Å². The Morgan fingerprint density at radius 1 is 1.31 bits per heavy atom. The number of alkyl halides is 1. The Balaban J connectivity index is 2.25. The Bertz CT molecular complexity index is 378. The number of rotatable bonds is 2. The van der Waals surface area contributed by atoms with E-state index in [4.69, 9.17) is 23.2 Å². The maximum Gasteiger partial charge on any atom is 0.0450 e. The molecular formula is C13H15BrCl2. The van der Waals surface area contributed by atoms with Crippen LogP contribution in [-0.4, -0.2) is 0 Å². The van der Waals surface area contributed by atoms with Gasteiger partial charge in [0.2, 0.25) is 0 Å². The van der Waals surface area contributed by atoms with E-state index in [1.165, 1.54) is 19.3 Å². The van der Waals surface area contributed by atoms with Crippen LogP contribution in [0.4, 0.5) is 0 Å². The van der Waals surface area contributed by atoms with Crippen LogP contribution >= 0.6 is 39.1 Å². The molecule has 0 bridgehead atoms. The molecule has 88 valence electrons. The minimum Gasteiger partial charge on any atom is -0.0843 e. The van der Waals surface area contributed by atoms with Crippen molar-refractivity contribution in [3.05, 3.63) is 33.8 Å². The Labute approximate surface area is 115 Å². The lowest BCUT2D eigenvalue weighted by Crippen LogP contribution is -2.10. The normalized spacial score (nSPS) is 27.0. The molecule has 0 saturated heterocycles. The molecule has 3 atom stereocenters. The molecule has 0 nitrogen and oxygen atoms in total. The van der Waals surface area contributed by atoms with Gasteiger partial charge in [-0.05, 0) is 42.0 Å². The molecule has 0 amide bonds. The molecule has 1 aromatic rings. The molecule has 1 aliphatic rings. The molecule has 3 unspecified atom stereocenters. The highest BCUT2D eigenvalue weighted by molar-refractivity contribution is 9.09. The summed E-state index contributed by atoms with van der Waals surface area (Å²) in [6.07, 6.45) is 3.93. The van der Waals surface area contributed by atoms with E-state index in [0.717, 1.165) is 21.5 Å². The molecule has 1 aliphatic carbocycles. The topological polar surface area (TPSA) is 0 Å². The fourth-order valence-corrected chi connectivity index (χ4v) is 4.28. The van der Waals surface area contributed by atoms with E-state index in [1.807, 2.05) is 18.2 Å². The Kier molecular flexibility index (Phi) is 4.21. The molecule has 0 aromatic heterocycles. The Morgan fingerprint density at radius 2 is 2.06 bits per heavy atom. The molecule has 16 heavy (non-hydrogen) atoms. The van der Waals surface area contributed by atoms with Gasteiger partial charge in [0.1, 0.15) is 0 Å². The van der Waals surface area contributed by atoms with Gasteiger partial charge in [-0.25, -0.2) is 0 Å². The monoisotopic (exact) mass is 320 g/mol. The minimum absolute atomic E-state index is 0.330. The average Bonchev–Trinajstić information content (AvgIpc) is 2.67. The predicted molar refractivity (Wildman–Crippen MR) is 74.6 cm³/mol. The van der Waals surface area contributed by atoms with Crippen LogP contribution in [0.2, 0.25) is 10.0 Å². The summed E-state index contributed by atoms with van der Waals surface area (Å²) in [4.78, 5) is 0.330. The zero-order chi connectivity index (χ0) is 11.7. The van der Waals surface area contributed by atoms with E-state index in [-0.39, 0.29) is 0 Å². The van der Waals surface area contributed by atoms with Gasteiger partial charge < -0.3 is 0 Å². The van der Waals surface area contributed by atoms with Crippen molar-refractivity contribution in [1.29, 1.82) is 0 Å². The van der Waals surface area contributed by atoms with E-state index in [2.05, 4.69) is 22.9 Å². The first-order valence-electron chi connectivity index (χ1n) is 5.68. The second-order valence-corrected chi connectivity index (χ2v) is 6.47. The third-order valence-electron chi connectivity index (χ3n) is 3.56. The maximum atomic E-state index is 6.23. The van der Waals surface area contributed by atoms with Gasteiger partial charge in [-0.15, -0.1) is 0 Å². The highest BCUT2D eigenvalue weighted by Gasteiger charge is 2.31. The zero-order valence-corrected chi connectivity index (χ0v) is 12.3. The first kappa shape index (κ1) is 12.7. The molecule has 3 heteroatoms. The number of hydrogen-bond acceptors (Lipinski definition) is 0. The summed E-state index contributed by atoms with van der Waals surface area (Å²) >= 11 is 16.0. The van der Waals surface area contributed by atoms with E-state index in [9.17, 15) is 0 Å². The number of halogens is 3. The van der Waals surface area contributed by atoms with Crippen molar-refractivity contribution < 1.29 is 0 Å². The molecule has 0 spiro atoms. The zero-order valence-electron chi connectivity index (χ0n) is 9.22. The van der Waals surface area contributed by atoms with Crippen LogP contribution in [0.3, 0.4) is 0 Å². The first-order chi connectivity index (χ1) is 7.59. The van der Waals surface area contributed by atoms with Gasteiger partial charge in [-0.2, -0.15) is 0 Å². The summed E-state index contributed by atoms with van der Waals surface area (Å²) in [5, 5.41) is 1.57. The molecule has 1 saturated carbocycles. The second-order valence-electron chi connectivity index (χ2n) is 4.64. The van der Waals surface area contributed by atoms with E-state index >= 15 is 0 Å². The lowest BCUT2D eigenvalue weighted by atomic mass is 9.91. The van der Waals surface area contributed by atoms with Gasteiger partial charge in [0, 0.05) is 14.9 Å². The summed E-state index contributed by atoms with van der Waals surface area (Å²) in [5.41, 5.74) is 1.13. The summed E-state index contributed by atoms with van der Waals surface area (Å²) < 4.78 is 0. The molecule has 0 radical (unpaired) electrons. The maximum absolute atomic E-state index is 6.23. The van der Waals surface area contributed by atoms with Gasteiger partial charge in [0.25, 0.3) is 0 Å². The van der Waals surface area contributed by atoms with Gasteiger partial charge >= 0.3 is 0 Å². The highest BCUT2D eigenvalue weighted by Crippen LogP contribution is 2.46. The quantitative estimate of drug-likeness (QED) is 0.598. The van der Waals surface area contributed by atoms with E-state index in [1.54, 1.807) is 0 Å². The van der Waals surface area contributed by atoms with Crippen LogP contribution in [0.15, 0.2) is 18.2 Å². The molecule has 1 fully saturated rings. The van der Waals surface area contributed by atoms with Crippen LogP contribution < -0.4 is 0 Å². The molecular weight excluding hydrogens is 307 g/mol. The number of benzene rings is 1. The average molecular weight is 322 g/mol. The van der Waals surface area contributed by atoms with Crippen LogP contribution in [-0.2, 0) is 0 Å². The van der Waals surface area contributed by atoms with Gasteiger partial charge in [-0.1, -0.05) is 58.9 Å². The highest BCUT2D eigenvalue weighted by atomic mass is 79.9. The smallest absolute Gasteiger partial charge is 0.0450 e. The second kappa shape index (κ2) is 5.29. The summed E-state index contributed by atoms with van der Waals surface area (Å²) in [5.74, 6) is 1.44. The van der Waals surface area contributed by atoms with Gasteiger partial charge in [-0.3, -0.25) is 0 Å². The van der Waals surface area contributed by atoms with Crippen molar-refractivity contribution in [1.82, 2.24) is 0 Å². The third-order valence-corrected chi connectivity index (χ3v) is 5.31. The third kappa shape index (κ3) is 2.57. The predicted octanol–water partition coefficient (Wildman–Crippen LogP) is 5.87. The van der Waals surface area contributed by atoms with Crippen molar-refractivity contribution in [2.75, 3.05) is 0 Å². The van der Waals surface area contributed by atoms with E-state index < -0.39 is 0 Å². The van der Waals surface area contributed by atoms with Crippen LogP contribution in [0.25, 0.3) is 0 Å². The largest absolute Gasteiger partial charge is 0.0843 e. The lowest BCUT2D eigenvalue weighted by molar-refractivity contribution is 0.414. The Morgan fingerprint density at radius 3 is 2.69 bits per heavy atom. The fraction of sp³-hybridized carbons (Fsp3) is 0.538. The van der Waals surface area contributed by atoms with Crippen LogP contribution in [0.1, 0.15) is 36.6 Å². The van der Waals surface area contributed by atoms with Crippen molar-refractivity contribution in [2.24, 2.45) is 11.8 Å². The Hall–Kier alpha value is 0.280. The van der Waals surface area contributed by atoms with E-state index in [0.29, 0.717) is 10.7 Å². The molecule has 0 heterocycles. The van der Waals surface area contributed by atoms with Crippen LogP contribution in [0.5, 0.6) is 0 Å². The summed E-state index contributed by atoms with van der Waals surface area (Å²) in [6, 6.07) is 5.70. The van der Waals surface area contributed by atoms with Gasteiger partial charge in [0.05, 0.1) is 0 Å². The lowest BCUT2D eigenvalue weighted by Gasteiger charge is -2.23. The van der Waals surface area contributed by atoms with Gasteiger partial charge in [0.15, 0.2) is 0 Å². The van der Waals surface area contributed by atoms with Crippen LogP contribution in [0, 0.1) is 11.8 Å². The number of hydrogen-bond donors (Lipinski definition) is 0. The molecule has 0 aliphatic heterocycles. The van der Waals surface area contributed by atoms with Crippen molar-refractivity contribution >= 4 is 39.1 Å². The molecule has 2 rings (SSSR count). The standard InChI is InChI=1S/C13H15BrCl2/c1-8-3-2-4-10(8)13(14)11-7-9(15)5-6-12(11)16/h5-8,10,13H,2-4H2,1H3. The first-order valence-corrected chi connectivity index (χ1v) is 7.36. The SMILES string of the molecule is CC1CCCC1C(Br)c1cc(Cl)ccc1Cl. The fourth-order valence-electron chi connectivity index (χ4n) is 2.57. The van der Waals surface area contributed by atoms with Crippen molar-refractivity contribution in [2.45, 2.75) is 31.0 Å². The minimum atomic E-state index is 0.330. The molecule has 1 aromatic carbocycles. The summed E-state index contributed by atoms with van der Waals surface area (Å²) in [6.45, 7) is 2.32. The summed E-state index contributed by atoms with van der Waals surface area (Å²) in [7, 11) is 0.